The van der Waals surface area contributed by atoms with Crippen molar-refractivity contribution in [1.82, 2.24) is 15.3 Å². The topological polar surface area (TPSA) is 58.1 Å². The highest BCUT2D eigenvalue weighted by atomic mass is 19.1. The van der Waals surface area contributed by atoms with E-state index in [0.29, 0.717) is 12.8 Å². The Morgan fingerprint density at radius 3 is 2.50 bits per heavy atom. The summed E-state index contributed by atoms with van der Waals surface area (Å²) in [4.78, 5) is 22.7. The minimum Gasteiger partial charge on any atom is -0.353 e. The van der Waals surface area contributed by atoms with E-state index in [4.69, 9.17) is 0 Å². The zero-order valence-corrected chi connectivity index (χ0v) is 13.5. The fraction of sp³-hybridized carbons (Fsp3) is 0.389. The van der Waals surface area contributed by atoms with E-state index in [1.165, 1.54) is 12.1 Å². The molecule has 1 aromatic carbocycles. The highest BCUT2D eigenvalue weighted by molar-refractivity contribution is 5.76. The molecule has 0 aliphatic carbocycles. The first kappa shape index (κ1) is 16.4. The lowest BCUT2D eigenvalue weighted by Gasteiger charge is -2.32. The van der Waals surface area contributed by atoms with Crippen LogP contribution in [0, 0.1) is 5.82 Å². The lowest BCUT2D eigenvalue weighted by atomic mass is 10.0. The van der Waals surface area contributed by atoms with Crippen LogP contribution in [0.5, 0.6) is 0 Å². The van der Waals surface area contributed by atoms with E-state index in [1.807, 2.05) is 0 Å². The quantitative estimate of drug-likeness (QED) is 0.915. The second-order valence-electron chi connectivity index (χ2n) is 6.00. The Hall–Kier alpha value is -2.50. The van der Waals surface area contributed by atoms with Crippen LogP contribution in [0.3, 0.4) is 0 Å². The molecule has 0 unspecified atom stereocenters. The number of rotatable bonds is 5. The first-order valence-corrected chi connectivity index (χ1v) is 8.26. The van der Waals surface area contributed by atoms with Crippen LogP contribution in [0.4, 0.5) is 10.3 Å². The van der Waals surface area contributed by atoms with Gasteiger partial charge in [0, 0.05) is 37.9 Å². The summed E-state index contributed by atoms with van der Waals surface area (Å²) in [5.74, 6) is 0.546. The minimum atomic E-state index is -0.252. The van der Waals surface area contributed by atoms with Crippen molar-refractivity contribution in [2.75, 3.05) is 18.0 Å². The van der Waals surface area contributed by atoms with E-state index in [2.05, 4.69) is 20.2 Å². The molecule has 24 heavy (non-hydrogen) atoms. The van der Waals surface area contributed by atoms with Crippen molar-refractivity contribution < 1.29 is 9.18 Å². The highest BCUT2D eigenvalue weighted by Crippen LogP contribution is 2.15. The van der Waals surface area contributed by atoms with Gasteiger partial charge in [-0.2, -0.15) is 0 Å². The number of hydrogen-bond acceptors (Lipinski definition) is 4. The van der Waals surface area contributed by atoms with Gasteiger partial charge in [-0.15, -0.1) is 0 Å². The molecular weight excluding hydrogens is 307 g/mol. The predicted octanol–water partition coefficient (Wildman–Crippen LogP) is 2.33. The van der Waals surface area contributed by atoms with Crippen molar-refractivity contribution in [1.29, 1.82) is 0 Å². The molecule has 0 bridgehead atoms. The SMILES string of the molecule is O=C(CCc1ccc(F)cc1)NC1CCN(c2ncccn2)CC1. The van der Waals surface area contributed by atoms with Crippen molar-refractivity contribution in [3.05, 3.63) is 54.1 Å². The maximum atomic E-state index is 12.9. The number of carbonyl (C=O) groups is 1. The summed E-state index contributed by atoms with van der Waals surface area (Å²) < 4.78 is 12.9. The Bertz CT molecular complexity index is 654. The third-order valence-corrected chi connectivity index (χ3v) is 4.25. The number of hydrogen-bond donors (Lipinski definition) is 1. The van der Waals surface area contributed by atoms with Crippen LogP contribution < -0.4 is 10.2 Å². The van der Waals surface area contributed by atoms with E-state index < -0.39 is 0 Å². The Labute approximate surface area is 140 Å². The number of nitrogens with one attached hydrogen (secondary N) is 1. The monoisotopic (exact) mass is 328 g/mol. The van der Waals surface area contributed by atoms with E-state index in [9.17, 15) is 9.18 Å². The summed E-state index contributed by atoms with van der Waals surface area (Å²) in [6.45, 7) is 1.68. The summed E-state index contributed by atoms with van der Waals surface area (Å²) in [5, 5.41) is 3.09. The number of benzene rings is 1. The average Bonchev–Trinajstić information content (AvgIpc) is 2.63. The van der Waals surface area contributed by atoms with Gasteiger partial charge < -0.3 is 10.2 Å². The van der Waals surface area contributed by atoms with Crippen molar-refractivity contribution >= 4 is 11.9 Å². The molecule has 1 N–H and O–H groups in total. The molecule has 0 saturated carbocycles. The number of nitrogens with zero attached hydrogens (tertiary/aromatic N) is 3. The first-order chi connectivity index (χ1) is 11.7. The summed E-state index contributed by atoms with van der Waals surface area (Å²) in [6.07, 6.45) is 6.31. The second kappa shape index (κ2) is 7.86. The molecule has 6 heteroatoms. The Morgan fingerprint density at radius 2 is 1.83 bits per heavy atom. The van der Waals surface area contributed by atoms with Gasteiger partial charge in [-0.25, -0.2) is 14.4 Å². The van der Waals surface area contributed by atoms with Crippen LogP contribution in [0.25, 0.3) is 0 Å². The number of halogens is 1. The van der Waals surface area contributed by atoms with Crippen LogP contribution in [-0.2, 0) is 11.2 Å². The van der Waals surface area contributed by atoms with Gasteiger partial charge in [0.15, 0.2) is 0 Å². The van der Waals surface area contributed by atoms with Gasteiger partial charge in [-0.05, 0) is 43.0 Å². The molecular formula is C18H21FN4O. The molecule has 2 heterocycles. The molecule has 126 valence electrons. The van der Waals surface area contributed by atoms with Gasteiger partial charge >= 0.3 is 0 Å². The van der Waals surface area contributed by atoms with Crippen LogP contribution >= 0.6 is 0 Å². The molecule has 2 aromatic rings. The van der Waals surface area contributed by atoms with Gasteiger partial charge in [-0.1, -0.05) is 12.1 Å². The summed E-state index contributed by atoms with van der Waals surface area (Å²) >= 11 is 0. The molecule has 5 nitrogen and oxygen atoms in total. The number of carbonyl (C=O) groups excluding carboxylic acids is 1. The lowest BCUT2D eigenvalue weighted by molar-refractivity contribution is -0.121. The molecule has 1 fully saturated rings. The smallest absolute Gasteiger partial charge is 0.225 e. The van der Waals surface area contributed by atoms with Gasteiger partial charge in [0.2, 0.25) is 11.9 Å². The number of anilines is 1. The molecule has 0 atom stereocenters. The number of aromatic nitrogens is 2. The van der Waals surface area contributed by atoms with Crippen molar-refractivity contribution in [2.45, 2.75) is 31.7 Å². The molecule has 0 spiro atoms. The number of piperidine rings is 1. The highest BCUT2D eigenvalue weighted by Gasteiger charge is 2.21. The average molecular weight is 328 g/mol. The maximum Gasteiger partial charge on any atom is 0.225 e. The molecule has 3 rings (SSSR count). The van der Waals surface area contributed by atoms with Crippen molar-refractivity contribution in [3.63, 3.8) is 0 Å². The summed E-state index contributed by atoms with van der Waals surface area (Å²) in [6, 6.07) is 8.30. The fourth-order valence-corrected chi connectivity index (χ4v) is 2.89. The van der Waals surface area contributed by atoms with Gasteiger partial charge in [0.25, 0.3) is 0 Å². The molecule has 1 aliphatic rings. The molecule has 0 radical (unpaired) electrons. The molecule has 1 amide bonds. The maximum absolute atomic E-state index is 12.9. The van der Waals surface area contributed by atoms with Crippen LogP contribution in [0.15, 0.2) is 42.7 Å². The van der Waals surface area contributed by atoms with Gasteiger partial charge in [-0.3, -0.25) is 4.79 Å². The molecule has 1 saturated heterocycles. The summed E-state index contributed by atoms with van der Waals surface area (Å²) in [5.41, 5.74) is 0.975. The number of aryl methyl sites for hydroxylation is 1. The zero-order valence-electron chi connectivity index (χ0n) is 13.5. The fourth-order valence-electron chi connectivity index (χ4n) is 2.89. The number of amides is 1. The Morgan fingerprint density at radius 1 is 1.17 bits per heavy atom. The Balaban J connectivity index is 1.41. The molecule has 1 aliphatic heterocycles. The second-order valence-corrected chi connectivity index (χ2v) is 6.00. The van der Waals surface area contributed by atoms with E-state index in [0.717, 1.165) is 37.4 Å². The lowest BCUT2D eigenvalue weighted by Crippen LogP contribution is -2.45. The van der Waals surface area contributed by atoms with Crippen LogP contribution in [-0.4, -0.2) is 35.0 Å². The van der Waals surface area contributed by atoms with Crippen LogP contribution in [0.2, 0.25) is 0 Å². The third-order valence-electron chi connectivity index (χ3n) is 4.25. The first-order valence-electron chi connectivity index (χ1n) is 8.26. The standard InChI is InChI=1S/C18H21FN4O/c19-15-5-2-14(3-6-15)4-7-17(24)22-16-8-12-23(13-9-16)18-20-10-1-11-21-18/h1-3,5-6,10-11,16H,4,7-9,12-13H2,(H,22,24). The molecule has 1 aromatic heterocycles. The van der Waals surface area contributed by atoms with Gasteiger partial charge in [0.1, 0.15) is 5.82 Å². The van der Waals surface area contributed by atoms with E-state index in [-0.39, 0.29) is 17.8 Å². The minimum absolute atomic E-state index is 0.0498. The van der Waals surface area contributed by atoms with Crippen molar-refractivity contribution in [3.8, 4) is 0 Å². The largest absolute Gasteiger partial charge is 0.353 e. The predicted molar refractivity (Wildman–Crippen MR) is 90.1 cm³/mol. The van der Waals surface area contributed by atoms with E-state index >= 15 is 0 Å². The summed E-state index contributed by atoms with van der Waals surface area (Å²) in [7, 11) is 0. The normalized spacial score (nSPS) is 15.3. The zero-order chi connectivity index (χ0) is 16.8. The van der Waals surface area contributed by atoms with Crippen molar-refractivity contribution in [2.24, 2.45) is 0 Å². The van der Waals surface area contributed by atoms with Crippen LogP contribution in [0.1, 0.15) is 24.8 Å². The third kappa shape index (κ3) is 4.50. The van der Waals surface area contributed by atoms with Gasteiger partial charge in [0.05, 0.1) is 0 Å². The Kier molecular flexibility index (Phi) is 5.36. The van der Waals surface area contributed by atoms with E-state index in [1.54, 1.807) is 30.6 Å².